The van der Waals surface area contributed by atoms with Crippen molar-refractivity contribution in [2.24, 2.45) is 0 Å². The standard InChI is InChI=1S/C15H15N3O/c19-15(18-8-11-2-1-5-16-7-11)12-3-4-13-9-17-10-14(13)6-12/h1-7,17H,8-10H2,(H,18,19). The predicted octanol–water partition coefficient (Wildman–Crippen LogP) is 1.61. The minimum atomic E-state index is -0.0430. The number of nitrogens with one attached hydrogen (secondary N) is 2. The fraction of sp³-hybridized carbons (Fsp3) is 0.200. The van der Waals surface area contributed by atoms with Crippen LogP contribution in [0.1, 0.15) is 27.0 Å². The van der Waals surface area contributed by atoms with Crippen LogP contribution in [0.5, 0.6) is 0 Å². The molecule has 2 aromatic rings. The van der Waals surface area contributed by atoms with Gasteiger partial charge in [0.25, 0.3) is 5.91 Å². The zero-order chi connectivity index (χ0) is 13.1. The second kappa shape index (κ2) is 5.20. The number of carbonyl (C=O) groups is 1. The molecule has 0 bridgehead atoms. The molecule has 2 heterocycles. The molecule has 19 heavy (non-hydrogen) atoms. The third-order valence-corrected chi connectivity index (χ3v) is 3.28. The summed E-state index contributed by atoms with van der Waals surface area (Å²) in [4.78, 5) is 16.1. The van der Waals surface area contributed by atoms with Gasteiger partial charge in [-0.05, 0) is 34.9 Å². The van der Waals surface area contributed by atoms with E-state index in [2.05, 4.69) is 15.6 Å². The van der Waals surface area contributed by atoms with E-state index in [0.29, 0.717) is 12.1 Å². The molecule has 0 atom stereocenters. The predicted molar refractivity (Wildman–Crippen MR) is 72.4 cm³/mol. The van der Waals surface area contributed by atoms with Crippen LogP contribution in [0.15, 0.2) is 42.7 Å². The Morgan fingerprint density at radius 2 is 2.16 bits per heavy atom. The van der Waals surface area contributed by atoms with Crippen molar-refractivity contribution < 1.29 is 4.79 Å². The van der Waals surface area contributed by atoms with Gasteiger partial charge in [-0.15, -0.1) is 0 Å². The minimum Gasteiger partial charge on any atom is -0.348 e. The van der Waals surface area contributed by atoms with Gasteiger partial charge in [-0.1, -0.05) is 12.1 Å². The van der Waals surface area contributed by atoms with Crippen molar-refractivity contribution >= 4 is 5.91 Å². The van der Waals surface area contributed by atoms with E-state index in [1.807, 2.05) is 30.3 Å². The van der Waals surface area contributed by atoms with E-state index in [4.69, 9.17) is 0 Å². The fourth-order valence-corrected chi connectivity index (χ4v) is 2.22. The molecule has 0 saturated carbocycles. The van der Waals surface area contributed by atoms with Gasteiger partial charge in [0.15, 0.2) is 0 Å². The molecule has 1 amide bonds. The van der Waals surface area contributed by atoms with Crippen LogP contribution in [0.2, 0.25) is 0 Å². The first-order chi connectivity index (χ1) is 9.33. The van der Waals surface area contributed by atoms with Gasteiger partial charge in [0.05, 0.1) is 0 Å². The van der Waals surface area contributed by atoms with Crippen LogP contribution in [0, 0.1) is 0 Å². The van der Waals surface area contributed by atoms with Gasteiger partial charge >= 0.3 is 0 Å². The van der Waals surface area contributed by atoms with Crippen LogP contribution in [-0.2, 0) is 19.6 Å². The first-order valence-corrected chi connectivity index (χ1v) is 6.32. The first-order valence-electron chi connectivity index (χ1n) is 6.32. The Hall–Kier alpha value is -2.20. The van der Waals surface area contributed by atoms with Crippen LogP contribution in [0.3, 0.4) is 0 Å². The van der Waals surface area contributed by atoms with Crippen LogP contribution >= 0.6 is 0 Å². The Morgan fingerprint density at radius 3 is 3.00 bits per heavy atom. The lowest BCUT2D eigenvalue weighted by molar-refractivity contribution is 0.0951. The lowest BCUT2D eigenvalue weighted by atomic mass is 10.1. The fourth-order valence-electron chi connectivity index (χ4n) is 2.22. The van der Waals surface area contributed by atoms with Crippen molar-refractivity contribution in [1.29, 1.82) is 0 Å². The average molecular weight is 253 g/mol. The van der Waals surface area contributed by atoms with Gasteiger partial charge in [0, 0.05) is 37.6 Å². The van der Waals surface area contributed by atoms with Crippen molar-refractivity contribution in [3.63, 3.8) is 0 Å². The van der Waals surface area contributed by atoms with E-state index in [1.54, 1.807) is 12.4 Å². The number of rotatable bonds is 3. The second-order valence-electron chi connectivity index (χ2n) is 4.63. The largest absolute Gasteiger partial charge is 0.348 e. The van der Waals surface area contributed by atoms with Crippen LogP contribution < -0.4 is 10.6 Å². The molecule has 0 saturated heterocycles. The van der Waals surface area contributed by atoms with Crippen molar-refractivity contribution in [2.75, 3.05) is 0 Å². The van der Waals surface area contributed by atoms with Crippen molar-refractivity contribution in [1.82, 2.24) is 15.6 Å². The maximum Gasteiger partial charge on any atom is 0.251 e. The van der Waals surface area contributed by atoms with E-state index in [-0.39, 0.29) is 5.91 Å². The van der Waals surface area contributed by atoms with Crippen LogP contribution in [0.25, 0.3) is 0 Å². The molecular formula is C15H15N3O. The third kappa shape index (κ3) is 2.63. The quantitative estimate of drug-likeness (QED) is 0.874. The number of hydrogen-bond acceptors (Lipinski definition) is 3. The van der Waals surface area contributed by atoms with Crippen LogP contribution in [-0.4, -0.2) is 10.9 Å². The summed E-state index contributed by atoms with van der Waals surface area (Å²) in [6.45, 7) is 2.24. The molecule has 96 valence electrons. The van der Waals surface area contributed by atoms with E-state index >= 15 is 0 Å². The average Bonchev–Trinajstić information content (AvgIpc) is 2.93. The molecular weight excluding hydrogens is 238 g/mol. The van der Waals surface area contributed by atoms with Crippen LogP contribution in [0.4, 0.5) is 0 Å². The molecule has 4 heteroatoms. The lowest BCUT2D eigenvalue weighted by Gasteiger charge is -2.06. The Labute approximate surface area is 111 Å². The zero-order valence-electron chi connectivity index (χ0n) is 10.5. The molecule has 0 fully saturated rings. The van der Waals surface area contributed by atoms with Crippen molar-refractivity contribution in [2.45, 2.75) is 19.6 Å². The van der Waals surface area contributed by atoms with Crippen molar-refractivity contribution in [3.8, 4) is 0 Å². The second-order valence-corrected chi connectivity index (χ2v) is 4.63. The molecule has 0 radical (unpaired) electrons. The smallest absolute Gasteiger partial charge is 0.251 e. The van der Waals surface area contributed by atoms with Gasteiger partial charge in [-0.2, -0.15) is 0 Å². The number of pyridine rings is 1. The number of hydrogen-bond donors (Lipinski definition) is 2. The molecule has 0 spiro atoms. The maximum absolute atomic E-state index is 12.1. The molecule has 1 aliphatic rings. The van der Waals surface area contributed by atoms with Gasteiger partial charge in [0.2, 0.25) is 0 Å². The molecule has 0 unspecified atom stereocenters. The molecule has 3 rings (SSSR count). The normalized spacial score (nSPS) is 13.1. The molecule has 4 nitrogen and oxygen atoms in total. The number of fused-ring (bicyclic) bond motifs is 1. The Balaban J connectivity index is 1.67. The number of nitrogens with zero attached hydrogens (tertiary/aromatic N) is 1. The molecule has 0 aliphatic carbocycles. The summed E-state index contributed by atoms with van der Waals surface area (Å²) in [7, 11) is 0. The number of aromatic nitrogens is 1. The Kier molecular flexibility index (Phi) is 3.25. The van der Waals surface area contributed by atoms with E-state index in [0.717, 1.165) is 18.7 Å². The highest BCUT2D eigenvalue weighted by molar-refractivity contribution is 5.94. The van der Waals surface area contributed by atoms with Gasteiger partial charge in [-0.25, -0.2) is 0 Å². The number of carbonyl (C=O) groups excluding carboxylic acids is 1. The summed E-state index contributed by atoms with van der Waals surface area (Å²) in [5, 5.41) is 6.18. The number of benzene rings is 1. The number of amides is 1. The third-order valence-electron chi connectivity index (χ3n) is 3.28. The highest BCUT2D eigenvalue weighted by atomic mass is 16.1. The molecule has 1 aliphatic heterocycles. The maximum atomic E-state index is 12.1. The monoisotopic (exact) mass is 253 g/mol. The summed E-state index contributed by atoms with van der Waals surface area (Å²) >= 11 is 0. The van der Waals surface area contributed by atoms with E-state index in [1.165, 1.54) is 11.1 Å². The molecule has 1 aromatic carbocycles. The highest BCUT2D eigenvalue weighted by Gasteiger charge is 2.13. The summed E-state index contributed by atoms with van der Waals surface area (Å²) < 4.78 is 0. The van der Waals surface area contributed by atoms with E-state index in [9.17, 15) is 4.79 Å². The molecule has 1 aromatic heterocycles. The topological polar surface area (TPSA) is 54.0 Å². The molecule has 2 N–H and O–H groups in total. The summed E-state index contributed by atoms with van der Waals surface area (Å²) in [6.07, 6.45) is 3.48. The summed E-state index contributed by atoms with van der Waals surface area (Å²) in [5.41, 5.74) is 4.21. The summed E-state index contributed by atoms with van der Waals surface area (Å²) in [5.74, 6) is -0.0430. The van der Waals surface area contributed by atoms with Gasteiger partial charge < -0.3 is 10.6 Å². The van der Waals surface area contributed by atoms with E-state index < -0.39 is 0 Å². The highest BCUT2D eigenvalue weighted by Crippen LogP contribution is 2.17. The summed E-state index contributed by atoms with van der Waals surface area (Å²) in [6, 6.07) is 9.68. The zero-order valence-corrected chi connectivity index (χ0v) is 10.5. The van der Waals surface area contributed by atoms with Crippen molar-refractivity contribution in [3.05, 3.63) is 65.0 Å². The Bertz CT molecular complexity index is 596. The SMILES string of the molecule is O=C(NCc1cccnc1)c1ccc2c(c1)CNC2. The lowest BCUT2D eigenvalue weighted by Crippen LogP contribution is -2.22. The van der Waals surface area contributed by atoms with Gasteiger partial charge in [0.1, 0.15) is 0 Å². The minimum absolute atomic E-state index is 0.0430. The first kappa shape index (κ1) is 11.9. The van der Waals surface area contributed by atoms with Gasteiger partial charge in [-0.3, -0.25) is 9.78 Å². The Morgan fingerprint density at radius 1 is 1.26 bits per heavy atom.